The molecule has 0 amide bonds. The summed E-state index contributed by atoms with van der Waals surface area (Å²) >= 11 is 9.46. The minimum absolute atomic E-state index is 0.0927. The van der Waals surface area contributed by atoms with Gasteiger partial charge in [0.25, 0.3) is 0 Å². The van der Waals surface area contributed by atoms with Crippen LogP contribution in [0.3, 0.4) is 0 Å². The lowest BCUT2D eigenvalue weighted by atomic mass is 9.87. The van der Waals surface area contributed by atoms with Crippen LogP contribution >= 0.6 is 27.5 Å². The maximum Gasteiger partial charge on any atom is 0.137 e. The molecule has 0 fully saturated rings. The average molecular weight is 308 g/mol. The molecule has 2 unspecified atom stereocenters. The molecule has 0 N–H and O–H groups in total. The summed E-state index contributed by atoms with van der Waals surface area (Å²) in [7, 11) is 0. The zero-order valence-corrected chi connectivity index (χ0v) is 12.1. The first-order valence-corrected chi connectivity index (χ1v) is 6.73. The van der Waals surface area contributed by atoms with Crippen LogP contribution in [0.2, 0.25) is 0 Å². The second-order valence-electron chi connectivity index (χ2n) is 4.50. The third-order valence-corrected chi connectivity index (χ3v) is 4.15. The van der Waals surface area contributed by atoms with Crippen molar-refractivity contribution < 1.29 is 4.39 Å². The molecule has 1 aromatic rings. The van der Waals surface area contributed by atoms with Gasteiger partial charge in [-0.2, -0.15) is 0 Å². The number of benzene rings is 1. The van der Waals surface area contributed by atoms with E-state index in [-0.39, 0.29) is 11.2 Å². The molecular formula is C13H17BrClF. The largest absolute Gasteiger partial charge is 0.206 e. The third kappa shape index (κ3) is 3.46. The van der Waals surface area contributed by atoms with Gasteiger partial charge >= 0.3 is 0 Å². The topological polar surface area (TPSA) is 0 Å². The van der Waals surface area contributed by atoms with Gasteiger partial charge in [-0.3, -0.25) is 0 Å². The summed E-state index contributed by atoms with van der Waals surface area (Å²) in [6.07, 6.45) is 0.806. The second-order valence-corrected chi connectivity index (χ2v) is 5.98. The van der Waals surface area contributed by atoms with Crippen LogP contribution in [-0.4, -0.2) is 5.38 Å². The number of hydrogen-bond donors (Lipinski definition) is 0. The lowest BCUT2D eigenvalue weighted by molar-refractivity contribution is 0.375. The van der Waals surface area contributed by atoms with Crippen molar-refractivity contribution in [2.24, 2.45) is 11.8 Å². The number of alkyl halides is 1. The molecule has 2 atom stereocenters. The van der Waals surface area contributed by atoms with Crippen molar-refractivity contribution in [3.05, 3.63) is 34.1 Å². The molecule has 1 aromatic carbocycles. The summed E-state index contributed by atoms with van der Waals surface area (Å²) in [6.45, 7) is 6.30. The van der Waals surface area contributed by atoms with Gasteiger partial charge in [-0.1, -0.05) is 26.0 Å². The monoisotopic (exact) mass is 306 g/mol. The van der Waals surface area contributed by atoms with Gasteiger partial charge in [-0.15, -0.1) is 11.6 Å². The maximum atomic E-state index is 13.4. The normalized spacial score (nSPS) is 15.2. The zero-order valence-electron chi connectivity index (χ0n) is 9.81. The van der Waals surface area contributed by atoms with E-state index in [0.29, 0.717) is 16.3 Å². The van der Waals surface area contributed by atoms with Crippen LogP contribution < -0.4 is 0 Å². The number of hydrogen-bond acceptors (Lipinski definition) is 0. The highest BCUT2D eigenvalue weighted by Gasteiger charge is 2.21. The third-order valence-electron chi connectivity index (χ3n) is 2.93. The van der Waals surface area contributed by atoms with Crippen LogP contribution in [0.25, 0.3) is 0 Å². The Morgan fingerprint density at radius 3 is 2.44 bits per heavy atom. The van der Waals surface area contributed by atoms with Gasteiger partial charge in [0.2, 0.25) is 0 Å². The zero-order chi connectivity index (χ0) is 12.3. The summed E-state index contributed by atoms with van der Waals surface area (Å²) < 4.78 is 13.9. The summed E-state index contributed by atoms with van der Waals surface area (Å²) in [5, 5.41) is 0.0927. The van der Waals surface area contributed by atoms with Crippen molar-refractivity contribution in [1.29, 1.82) is 0 Å². The molecule has 0 nitrogen and oxygen atoms in total. The Bertz CT molecular complexity index is 342. The van der Waals surface area contributed by atoms with Crippen LogP contribution in [0.15, 0.2) is 22.7 Å². The SMILES string of the molecule is CC(C)C(Cc1cccc(F)c1Br)C(C)Cl. The minimum Gasteiger partial charge on any atom is -0.206 e. The molecule has 16 heavy (non-hydrogen) atoms. The fraction of sp³-hybridized carbons (Fsp3) is 0.538. The van der Waals surface area contributed by atoms with Crippen molar-refractivity contribution in [1.82, 2.24) is 0 Å². The van der Waals surface area contributed by atoms with Gasteiger partial charge in [0.05, 0.1) is 4.47 Å². The van der Waals surface area contributed by atoms with E-state index in [1.807, 2.05) is 13.0 Å². The molecule has 0 aliphatic heterocycles. The number of halogens is 3. The van der Waals surface area contributed by atoms with E-state index in [4.69, 9.17) is 11.6 Å². The molecule has 0 heterocycles. The van der Waals surface area contributed by atoms with Gasteiger partial charge in [-0.05, 0) is 52.7 Å². The maximum absolute atomic E-state index is 13.4. The van der Waals surface area contributed by atoms with E-state index in [2.05, 4.69) is 29.8 Å². The van der Waals surface area contributed by atoms with Crippen molar-refractivity contribution in [2.45, 2.75) is 32.6 Å². The first kappa shape index (κ1) is 14.0. The molecule has 90 valence electrons. The van der Waals surface area contributed by atoms with Crippen molar-refractivity contribution in [3.8, 4) is 0 Å². The lowest BCUT2D eigenvalue weighted by Gasteiger charge is -2.23. The van der Waals surface area contributed by atoms with Crippen LogP contribution in [-0.2, 0) is 6.42 Å². The van der Waals surface area contributed by atoms with Gasteiger partial charge in [0.1, 0.15) is 5.82 Å². The summed E-state index contributed by atoms with van der Waals surface area (Å²) in [6, 6.07) is 5.15. The molecule has 0 bridgehead atoms. The van der Waals surface area contributed by atoms with E-state index in [0.717, 1.165) is 12.0 Å². The van der Waals surface area contributed by atoms with Crippen LogP contribution in [0.1, 0.15) is 26.3 Å². The van der Waals surface area contributed by atoms with Gasteiger partial charge in [0, 0.05) is 5.38 Å². The molecule has 3 heteroatoms. The van der Waals surface area contributed by atoms with Gasteiger partial charge in [0.15, 0.2) is 0 Å². The van der Waals surface area contributed by atoms with E-state index < -0.39 is 0 Å². The molecular weight excluding hydrogens is 290 g/mol. The Kier molecular flexibility index (Phi) is 5.26. The van der Waals surface area contributed by atoms with Crippen LogP contribution in [0.4, 0.5) is 4.39 Å². The molecule has 1 rings (SSSR count). The van der Waals surface area contributed by atoms with Gasteiger partial charge < -0.3 is 0 Å². The Morgan fingerprint density at radius 2 is 1.94 bits per heavy atom. The molecule has 0 aromatic heterocycles. The molecule has 0 saturated carbocycles. The number of rotatable bonds is 4. The molecule has 0 aliphatic rings. The minimum atomic E-state index is -0.206. The quantitative estimate of drug-likeness (QED) is 0.684. The molecule has 0 aliphatic carbocycles. The van der Waals surface area contributed by atoms with Gasteiger partial charge in [-0.25, -0.2) is 4.39 Å². The Hall–Kier alpha value is -0.0800. The smallest absolute Gasteiger partial charge is 0.137 e. The highest BCUT2D eigenvalue weighted by molar-refractivity contribution is 9.10. The van der Waals surface area contributed by atoms with E-state index in [1.165, 1.54) is 6.07 Å². The predicted octanol–water partition coefficient (Wildman–Crippen LogP) is 5.03. The predicted molar refractivity (Wildman–Crippen MR) is 71.4 cm³/mol. The van der Waals surface area contributed by atoms with Crippen molar-refractivity contribution in [2.75, 3.05) is 0 Å². The highest BCUT2D eigenvalue weighted by atomic mass is 79.9. The molecule has 0 radical (unpaired) electrons. The first-order valence-electron chi connectivity index (χ1n) is 5.50. The summed E-state index contributed by atoms with van der Waals surface area (Å²) in [5.74, 6) is 0.643. The van der Waals surface area contributed by atoms with Crippen LogP contribution in [0.5, 0.6) is 0 Å². The second kappa shape index (κ2) is 6.02. The first-order chi connectivity index (χ1) is 7.43. The lowest BCUT2D eigenvalue weighted by Crippen LogP contribution is -2.21. The molecule has 0 spiro atoms. The van der Waals surface area contributed by atoms with Crippen LogP contribution in [0, 0.1) is 17.7 Å². The van der Waals surface area contributed by atoms with Crippen molar-refractivity contribution >= 4 is 27.5 Å². The Balaban J connectivity index is 2.90. The fourth-order valence-corrected chi connectivity index (χ4v) is 2.69. The molecule has 0 saturated heterocycles. The average Bonchev–Trinajstić information content (AvgIpc) is 2.19. The van der Waals surface area contributed by atoms with E-state index in [1.54, 1.807) is 6.07 Å². The fourth-order valence-electron chi connectivity index (χ4n) is 1.89. The highest BCUT2D eigenvalue weighted by Crippen LogP contribution is 2.29. The standard InChI is InChI=1S/C13H17BrClF/c1-8(2)11(9(3)15)7-10-5-4-6-12(16)13(10)14/h4-6,8-9,11H,7H2,1-3H3. The van der Waals surface area contributed by atoms with E-state index >= 15 is 0 Å². The van der Waals surface area contributed by atoms with E-state index in [9.17, 15) is 4.39 Å². The summed E-state index contributed by atoms with van der Waals surface area (Å²) in [4.78, 5) is 0. The Labute approximate surface area is 110 Å². The van der Waals surface area contributed by atoms with Crippen molar-refractivity contribution in [3.63, 3.8) is 0 Å². The Morgan fingerprint density at radius 1 is 1.31 bits per heavy atom. The summed E-state index contributed by atoms with van der Waals surface area (Å²) in [5.41, 5.74) is 0.992.